The van der Waals surface area contributed by atoms with Gasteiger partial charge in [-0.05, 0) is 19.2 Å². The fourth-order valence-electron chi connectivity index (χ4n) is 1.79. The van der Waals surface area contributed by atoms with E-state index in [1.54, 1.807) is 12.1 Å². The van der Waals surface area contributed by atoms with Crippen molar-refractivity contribution in [3.8, 4) is 17.3 Å². The average molecular weight is 273 g/mol. The Hall–Kier alpha value is -1.81. The molecule has 0 unspecified atom stereocenters. The van der Waals surface area contributed by atoms with E-state index in [0.717, 1.165) is 30.0 Å². The first-order valence-corrected chi connectivity index (χ1v) is 6.68. The molecular weight excluding hydrogens is 258 g/mol. The van der Waals surface area contributed by atoms with E-state index in [2.05, 4.69) is 19.7 Å². The van der Waals surface area contributed by atoms with Gasteiger partial charge in [0.15, 0.2) is 0 Å². The fourth-order valence-corrected chi connectivity index (χ4v) is 2.36. The minimum Gasteiger partial charge on any atom is -0.329 e. The highest BCUT2D eigenvalue weighted by molar-refractivity contribution is 6.99. The molecule has 0 fully saturated rings. The summed E-state index contributed by atoms with van der Waals surface area (Å²) < 4.78 is 8.69. The number of hydrogen-bond acceptors (Lipinski definition) is 6. The van der Waals surface area contributed by atoms with Crippen molar-refractivity contribution in [3.63, 3.8) is 0 Å². The highest BCUT2D eigenvalue weighted by Gasteiger charge is 2.12. The molecule has 0 spiro atoms. The molecule has 0 aliphatic rings. The summed E-state index contributed by atoms with van der Waals surface area (Å²) in [6.07, 6.45) is 0. The molecule has 1 aromatic heterocycles. The van der Waals surface area contributed by atoms with E-state index < -0.39 is 0 Å². The Bertz CT molecular complexity index is 569. The maximum absolute atomic E-state index is 8.80. The van der Waals surface area contributed by atoms with E-state index in [1.807, 2.05) is 19.2 Å². The fraction of sp³-hybridized carbons (Fsp3) is 0.308. The van der Waals surface area contributed by atoms with Crippen molar-refractivity contribution < 1.29 is 0 Å². The zero-order chi connectivity index (χ0) is 13.7. The van der Waals surface area contributed by atoms with Crippen LogP contribution in [-0.2, 0) is 6.54 Å². The monoisotopic (exact) mass is 273 g/mol. The van der Waals surface area contributed by atoms with E-state index in [4.69, 9.17) is 11.0 Å². The lowest BCUT2D eigenvalue weighted by Gasteiger charge is -2.14. The Morgan fingerprint density at radius 1 is 1.32 bits per heavy atom. The first kappa shape index (κ1) is 13.6. The molecule has 2 rings (SSSR count). The van der Waals surface area contributed by atoms with Crippen LogP contribution in [0.25, 0.3) is 11.3 Å². The van der Waals surface area contributed by atoms with Crippen LogP contribution in [0, 0.1) is 11.3 Å². The second kappa shape index (κ2) is 6.38. The van der Waals surface area contributed by atoms with E-state index in [9.17, 15) is 0 Å². The number of hydrogen-bond donors (Lipinski definition) is 1. The van der Waals surface area contributed by atoms with Gasteiger partial charge in [-0.2, -0.15) is 14.0 Å². The van der Waals surface area contributed by atoms with Gasteiger partial charge in [0.25, 0.3) is 0 Å². The van der Waals surface area contributed by atoms with Crippen molar-refractivity contribution in [2.45, 2.75) is 6.54 Å². The minimum absolute atomic E-state index is 0.625. The Morgan fingerprint density at radius 2 is 2.05 bits per heavy atom. The maximum Gasteiger partial charge on any atom is 0.109 e. The third kappa shape index (κ3) is 3.35. The zero-order valence-corrected chi connectivity index (χ0v) is 11.5. The molecular formula is C13H15N5S. The Balaban J connectivity index is 2.21. The van der Waals surface area contributed by atoms with Crippen LogP contribution in [0.2, 0.25) is 0 Å². The van der Waals surface area contributed by atoms with Gasteiger partial charge >= 0.3 is 0 Å². The molecule has 0 saturated heterocycles. The summed E-state index contributed by atoms with van der Waals surface area (Å²) in [5.41, 5.74) is 9.01. The predicted octanol–water partition coefficient (Wildman–Crippen LogP) is 1.47. The predicted molar refractivity (Wildman–Crippen MR) is 75.4 cm³/mol. The zero-order valence-electron chi connectivity index (χ0n) is 10.7. The van der Waals surface area contributed by atoms with Gasteiger partial charge in [0.05, 0.1) is 29.1 Å². The largest absolute Gasteiger partial charge is 0.329 e. The van der Waals surface area contributed by atoms with Crippen LogP contribution < -0.4 is 5.73 Å². The van der Waals surface area contributed by atoms with Crippen LogP contribution in [0.1, 0.15) is 11.3 Å². The molecule has 5 nitrogen and oxygen atoms in total. The number of aromatic nitrogens is 2. The van der Waals surface area contributed by atoms with Crippen molar-refractivity contribution in [1.29, 1.82) is 5.26 Å². The third-order valence-electron chi connectivity index (χ3n) is 2.77. The number of likely N-dealkylation sites (N-methyl/N-ethyl adjacent to an activating group) is 1. The molecule has 0 aliphatic carbocycles. The number of rotatable bonds is 5. The Labute approximate surface area is 116 Å². The summed E-state index contributed by atoms with van der Waals surface area (Å²) >= 11 is 1.21. The van der Waals surface area contributed by atoms with Crippen molar-refractivity contribution in [1.82, 2.24) is 13.6 Å². The standard InChI is InChI=1S/C13H15N5S/c1-18(7-6-14)9-12-13(17-19-16-12)11-4-2-10(8-15)3-5-11/h2-5H,6-7,9,14H2,1H3. The van der Waals surface area contributed by atoms with Gasteiger partial charge in [-0.3, -0.25) is 4.90 Å². The highest BCUT2D eigenvalue weighted by atomic mass is 32.1. The molecule has 19 heavy (non-hydrogen) atoms. The van der Waals surface area contributed by atoms with E-state index in [-0.39, 0.29) is 0 Å². The van der Waals surface area contributed by atoms with Gasteiger partial charge < -0.3 is 5.73 Å². The van der Waals surface area contributed by atoms with Crippen LogP contribution >= 0.6 is 11.7 Å². The lowest BCUT2D eigenvalue weighted by Crippen LogP contribution is -2.25. The first-order chi connectivity index (χ1) is 9.24. The van der Waals surface area contributed by atoms with E-state index in [0.29, 0.717) is 12.1 Å². The molecule has 0 atom stereocenters. The molecule has 0 amide bonds. The summed E-state index contributed by atoms with van der Waals surface area (Å²) in [6.45, 7) is 2.17. The summed E-state index contributed by atoms with van der Waals surface area (Å²) in [5, 5.41) is 8.80. The molecule has 2 N–H and O–H groups in total. The number of nitrogens with zero attached hydrogens (tertiary/aromatic N) is 4. The Kier molecular flexibility index (Phi) is 4.58. The molecule has 2 aromatic rings. The van der Waals surface area contributed by atoms with Gasteiger partial charge in [0, 0.05) is 25.2 Å². The molecule has 0 aliphatic heterocycles. The van der Waals surface area contributed by atoms with Crippen molar-refractivity contribution in [3.05, 3.63) is 35.5 Å². The van der Waals surface area contributed by atoms with Crippen LogP contribution in [-0.4, -0.2) is 33.8 Å². The molecule has 0 saturated carbocycles. The van der Waals surface area contributed by atoms with Crippen molar-refractivity contribution in [2.75, 3.05) is 20.1 Å². The van der Waals surface area contributed by atoms with Crippen molar-refractivity contribution >= 4 is 11.7 Å². The van der Waals surface area contributed by atoms with Gasteiger partial charge in [0.2, 0.25) is 0 Å². The topological polar surface area (TPSA) is 78.8 Å². The molecule has 1 aromatic carbocycles. The number of nitrogens with two attached hydrogens (primary N) is 1. The smallest absolute Gasteiger partial charge is 0.109 e. The Morgan fingerprint density at radius 3 is 2.68 bits per heavy atom. The first-order valence-electron chi connectivity index (χ1n) is 5.95. The molecule has 98 valence electrons. The lowest BCUT2D eigenvalue weighted by molar-refractivity contribution is 0.333. The second-order valence-corrected chi connectivity index (χ2v) is 4.80. The summed E-state index contributed by atoms with van der Waals surface area (Å²) in [5.74, 6) is 0. The van der Waals surface area contributed by atoms with E-state index in [1.165, 1.54) is 11.7 Å². The number of nitriles is 1. The third-order valence-corrected chi connectivity index (χ3v) is 3.34. The summed E-state index contributed by atoms with van der Waals surface area (Å²) in [6, 6.07) is 9.50. The van der Waals surface area contributed by atoms with Gasteiger partial charge in [0.1, 0.15) is 5.69 Å². The van der Waals surface area contributed by atoms with Crippen molar-refractivity contribution in [2.24, 2.45) is 5.73 Å². The maximum atomic E-state index is 8.80. The van der Waals surface area contributed by atoms with Gasteiger partial charge in [-0.1, -0.05) is 12.1 Å². The second-order valence-electron chi connectivity index (χ2n) is 4.28. The van der Waals surface area contributed by atoms with Crippen LogP contribution in [0.5, 0.6) is 0 Å². The lowest BCUT2D eigenvalue weighted by atomic mass is 10.1. The van der Waals surface area contributed by atoms with Crippen LogP contribution in [0.15, 0.2) is 24.3 Å². The quantitative estimate of drug-likeness (QED) is 0.892. The van der Waals surface area contributed by atoms with E-state index >= 15 is 0 Å². The molecule has 0 bridgehead atoms. The molecule has 0 radical (unpaired) electrons. The summed E-state index contributed by atoms with van der Waals surface area (Å²) in [7, 11) is 2.01. The summed E-state index contributed by atoms with van der Waals surface area (Å²) in [4.78, 5) is 2.11. The SMILES string of the molecule is CN(CCN)Cc1nsnc1-c1ccc(C#N)cc1. The highest BCUT2D eigenvalue weighted by Crippen LogP contribution is 2.23. The number of benzene rings is 1. The molecule has 1 heterocycles. The normalized spacial score (nSPS) is 10.6. The minimum atomic E-state index is 0.625. The van der Waals surface area contributed by atoms with Crippen LogP contribution in [0.4, 0.5) is 0 Å². The average Bonchev–Trinajstić information content (AvgIpc) is 2.87. The van der Waals surface area contributed by atoms with Gasteiger partial charge in [-0.15, -0.1) is 0 Å². The van der Waals surface area contributed by atoms with Gasteiger partial charge in [-0.25, -0.2) is 0 Å². The van der Waals surface area contributed by atoms with Crippen LogP contribution in [0.3, 0.4) is 0 Å². The molecule has 6 heteroatoms.